The molecule has 2 N–H and O–H groups in total. The highest BCUT2D eigenvalue weighted by Gasteiger charge is 2.13. The molecule has 0 bridgehead atoms. The number of ether oxygens (including phenoxy) is 2. The third-order valence-electron chi connectivity index (χ3n) is 3.06. The molecule has 2 aromatic rings. The van der Waals surface area contributed by atoms with Gasteiger partial charge in [-0.3, -0.25) is 0 Å². The van der Waals surface area contributed by atoms with E-state index in [1.807, 2.05) is 33.8 Å². The lowest BCUT2D eigenvalue weighted by molar-refractivity contribution is 0.325. The molecule has 0 saturated heterocycles. The summed E-state index contributed by atoms with van der Waals surface area (Å²) in [6.07, 6.45) is 1.38. The molecule has 0 aliphatic rings. The normalized spacial score (nSPS) is 10.4. The van der Waals surface area contributed by atoms with Crippen molar-refractivity contribution in [2.24, 2.45) is 0 Å². The molecule has 0 aliphatic carbocycles. The first kappa shape index (κ1) is 14.1. The lowest BCUT2D eigenvalue weighted by Gasteiger charge is -2.13. The third kappa shape index (κ3) is 2.82. The Labute approximate surface area is 118 Å². The highest BCUT2D eigenvalue weighted by atomic mass is 16.5. The number of hydrogen-bond acceptors (Lipinski definition) is 5. The molecule has 20 heavy (non-hydrogen) atoms. The molecule has 0 unspecified atom stereocenters. The van der Waals surface area contributed by atoms with Crippen molar-refractivity contribution in [1.82, 2.24) is 9.97 Å². The minimum absolute atomic E-state index is 0.313. The number of anilines is 1. The quantitative estimate of drug-likeness (QED) is 0.926. The van der Waals surface area contributed by atoms with Crippen molar-refractivity contribution in [1.29, 1.82) is 0 Å². The van der Waals surface area contributed by atoms with Crippen molar-refractivity contribution in [3.63, 3.8) is 0 Å². The van der Waals surface area contributed by atoms with Gasteiger partial charge in [-0.2, -0.15) is 9.97 Å². The average molecular weight is 273 g/mol. The number of aryl methyl sites for hydroxylation is 2. The van der Waals surface area contributed by atoms with Crippen LogP contribution in [0.25, 0.3) is 0 Å². The van der Waals surface area contributed by atoms with Gasteiger partial charge in [0.1, 0.15) is 12.1 Å². The molecule has 0 aliphatic heterocycles. The Morgan fingerprint density at radius 2 is 1.80 bits per heavy atom. The molecule has 0 amide bonds. The van der Waals surface area contributed by atoms with E-state index in [1.165, 1.54) is 6.33 Å². The van der Waals surface area contributed by atoms with Crippen molar-refractivity contribution in [3.05, 3.63) is 35.2 Å². The van der Waals surface area contributed by atoms with Crippen LogP contribution in [0.4, 0.5) is 5.69 Å². The summed E-state index contributed by atoms with van der Waals surface area (Å²) in [6.45, 7) is 8.43. The smallest absolute Gasteiger partial charge is 0.249 e. The van der Waals surface area contributed by atoms with Crippen LogP contribution in [0, 0.1) is 20.8 Å². The predicted molar refractivity (Wildman–Crippen MR) is 78.3 cm³/mol. The predicted octanol–water partition coefficient (Wildman–Crippen LogP) is 3.18. The molecule has 0 saturated carbocycles. The molecular weight excluding hydrogens is 254 g/mol. The Hall–Kier alpha value is -2.30. The van der Waals surface area contributed by atoms with Crippen molar-refractivity contribution in [2.45, 2.75) is 27.7 Å². The summed E-state index contributed by atoms with van der Waals surface area (Å²) in [6, 6.07) is 4.07. The van der Waals surface area contributed by atoms with Gasteiger partial charge in [0.05, 0.1) is 6.61 Å². The van der Waals surface area contributed by atoms with Crippen LogP contribution in [0.3, 0.4) is 0 Å². The van der Waals surface area contributed by atoms with Crippen molar-refractivity contribution in [2.75, 3.05) is 12.3 Å². The molecule has 5 heteroatoms. The standard InChI is InChI=1S/C15H19N3O2/c1-5-19-14-13(16)15(18-8-17-14)20-12-7-9(2)6-10(3)11(12)4/h6-8H,5,16H2,1-4H3. The SMILES string of the molecule is CCOc1ncnc(Oc2cc(C)cc(C)c2C)c1N. The number of aromatic nitrogens is 2. The Balaban J connectivity index is 2.38. The van der Waals surface area contributed by atoms with Crippen LogP contribution >= 0.6 is 0 Å². The fraction of sp³-hybridized carbons (Fsp3) is 0.333. The van der Waals surface area contributed by atoms with Crippen LogP contribution in [0.5, 0.6) is 17.5 Å². The maximum Gasteiger partial charge on any atom is 0.249 e. The van der Waals surface area contributed by atoms with Crippen LogP contribution in [0.1, 0.15) is 23.6 Å². The minimum Gasteiger partial charge on any atom is -0.476 e. The monoisotopic (exact) mass is 273 g/mol. The number of nitrogens with two attached hydrogens (primary N) is 1. The number of nitrogen functional groups attached to an aromatic ring is 1. The van der Waals surface area contributed by atoms with Crippen molar-refractivity contribution >= 4 is 5.69 Å². The van der Waals surface area contributed by atoms with E-state index < -0.39 is 0 Å². The van der Waals surface area contributed by atoms with E-state index in [1.54, 1.807) is 0 Å². The number of rotatable bonds is 4. The molecule has 0 atom stereocenters. The first-order chi connectivity index (χ1) is 9.52. The molecule has 5 nitrogen and oxygen atoms in total. The summed E-state index contributed by atoms with van der Waals surface area (Å²) < 4.78 is 11.2. The average Bonchev–Trinajstić information content (AvgIpc) is 2.40. The van der Waals surface area contributed by atoms with E-state index in [-0.39, 0.29) is 0 Å². The first-order valence-electron chi connectivity index (χ1n) is 6.52. The first-order valence-corrected chi connectivity index (χ1v) is 6.52. The maximum atomic E-state index is 5.97. The van der Waals surface area contributed by atoms with Crippen LogP contribution in [0.15, 0.2) is 18.5 Å². The molecule has 2 rings (SSSR count). The van der Waals surface area contributed by atoms with E-state index in [0.717, 1.165) is 22.4 Å². The molecular formula is C15H19N3O2. The molecule has 0 spiro atoms. The molecule has 106 valence electrons. The van der Waals surface area contributed by atoms with Gasteiger partial charge in [0.15, 0.2) is 5.69 Å². The van der Waals surface area contributed by atoms with E-state index in [9.17, 15) is 0 Å². The van der Waals surface area contributed by atoms with E-state index in [0.29, 0.717) is 24.1 Å². The highest BCUT2D eigenvalue weighted by molar-refractivity contribution is 5.57. The van der Waals surface area contributed by atoms with Gasteiger partial charge < -0.3 is 15.2 Å². The number of hydrogen-bond donors (Lipinski definition) is 1. The zero-order valence-corrected chi connectivity index (χ0v) is 12.2. The number of nitrogens with zero attached hydrogens (tertiary/aromatic N) is 2. The summed E-state index contributed by atoms with van der Waals surface area (Å²) in [7, 11) is 0. The van der Waals surface area contributed by atoms with Gasteiger partial charge >= 0.3 is 0 Å². The largest absolute Gasteiger partial charge is 0.476 e. The Morgan fingerprint density at radius 1 is 1.10 bits per heavy atom. The summed E-state index contributed by atoms with van der Waals surface area (Å²) in [4.78, 5) is 8.07. The second-order valence-corrected chi connectivity index (χ2v) is 4.64. The molecule has 0 radical (unpaired) electrons. The van der Waals surface area contributed by atoms with E-state index >= 15 is 0 Å². The van der Waals surface area contributed by atoms with Gasteiger partial charge in [-0.25, -0.2) is 0 Å². The zero-order valence-electron chi connectivity index (χ0n) is 12.2. The summed E-state index contributed by atoms with van der Waals surface area (Å²) >= 11 is 0. The second-order valence-electron chi connectivity index (χ2n) is 4.64. The molecule has 1 aromatic heterocycles. The molecule has 1 aromatic carbocycles. The lowest BCUT2D eigenvalue weighted by atomic mass is 10.1. The van der Waals surface area contributed by atoms with Gasteiger partial charge in [-0.1, -0.05) is 6.07 Å². The fourth-order valence-electron chi connectivity index (χ4n) is 1.91. The fourth-order valence-corrected chi connectivity index (χ4v) is 1.91. The van der Waals surface area contributed by atoms with Gasteiger partial charge in [-0.15, -0.1) is 0 Å². The van der Waals surface area contributed by atoms with Crippen molar-refractivity contribution in [3.8, 4) is 17.5 Å². The van der Waals surface area contributed by atoms with Crippen molar-refractivity contribution < 1.29 is 9.47 Å². The second kappa shape index (κ2) is 5.77. The van der Waals surface area contributed by atoms with Crippen LogP contribution in [-0.4, -0.2) is 16.6 Å². The van der Waals surface area contributed by atoms with Crippen LogP contribution in [-0.2, 0) is 0 Å². The van der Waals surface area contributed by atoms with E-state index in [4.69, 9.17) is 15.2 Å². The van der Waals surface area contributed by atoms with Crippen LogP contribution < -0.4 is 15.2 Å². The Bertz CT molecular complexity index is 627. The topological polar surface area (TPSA) is 70.3 Å². The summed E-state index contributed by atoms with van der Waals surface area (Å²) in [5.74, 6) is 1.41. The van der Waals surface area contributed by atoms with Gasteiger partial charge in [0, 0.05) is 0 Å². The van der Waals surface area contributed by atoms with E-state index in [2.05, 4.69) is 16.0 Å². The number of benzene rings is 1. The van der Waals surface area contributed by atoms with Crippen LogP contribution in [0.2, 0.25) is 0 Å². The Morgan fingerprint density at radius 3 is 2.50 bits per heavy atom. The van der Waals surface area contributed by atoms with Gasteiger partial charge in [0.2, 0.25) is 11.8 Å². The minimum atomic E-state index is 0.313. The third-order valence-corrected chi connectivity index (χ3v) is 3.06. The van der Waals surface area contributed by atoms with Gasteiger partial charge in [-0.05, 0) is 50.5 Å². The Kier molecular flexibility index (Phi) is 4.08. The maximum absolute atomic E-state index is 5.97. The van der Waals surface area contributed by atoms with Gasteiger partial charge in [0.25, 0.3) is 0 Å². The molecule has 0 fully saturated rings. The summed E-state index contributed by atoms with van der Waals surface area (Å²) in [5, 5.41) is 0. The summed E-state index contributed by atoms with van der Waals surface area (Å²) in [5.41, 5.74) is 9.63. The lowest BCUT2D eigenvalue weighted by Crippen LogP contribution is -2.03. The highest BCUT2D eigenvalue weighted by Crippen LogP contribution is 2.33. The zero-order chi connectivity index (χ0) is 14.7. The molecule has 1 heterocycles.